The van der Waals surface area contributed by atoms with Gasteiger partial charge in [0.05, 0.1) is 101 Å². The molecule has 3 aromatic carbocycles. The van der Waals surface area contributed by atoms with Crippen LogP contribution in [0, 0.1) is 56.7 Å². The van der Waals surface area contributed by atoms with Crippen LogP contribution in [0.3, 0.4) is 0 Å². The fourth-order valence-electron chi connectivity index (χ4n) is 9.67. The first kappa shape index (κ1) is 115. The number of benzene rings is 3. The molecule has 0 unspecified atom stereocenters. The molecule has 4 saturated carbocycles. The number of carbonyl (C=O) groups is 11. The van der Waals surface area contributed by atoms with Gasteiger partial charge in [-0.2, -0.15) is 5.90 Å². The van der Waals surface area contributed by atoms with Crippen molar-refractivity contribution in [2.24, 2.45) is 28.0 Å². The quantitative estimate of drug-likeness (QED) is 0.00429. The van der Waals surface area contributed by atoms with E-state index in [0.717, 1.165) is 49.9 Å². The number of carboxylic acids is 2. The molecule has 12 rings (SSSR count). The highest BCUT2D eigenvalue weighted by atomic mass is 16.7. The molecule has 0 aliphatic heterocycles. The Hall–Kier alpha value is -16.7. The Bertz CT molecular complexity index is 5250. The Morgan fingerprint density at radius 2 is 0.910 bits per heavy atom. The Morgan fingerprint density at radius 1 is 0.507 bits per heavy atom. The molecule has 16 N–H and O–H groups in total. The van der Waals surface area contributed by atoms with Crippen LogP contribution in [0.4, 0.5) is 44.1 Å². The number of nitrogens with one attached hydrogen (secondary N) is 2. The van der Waals surface area contributed by atoms with Crippen LogP contribution in [0.15, 0.2) is 159 Å². The summed E-state index contributed by atoms with van der Waals surface area (Å²) in [5.74, 6) is 10.9. The lowest BCUT2D eigenvalue weighted by atomic mass is 10.1. The average Bonchev–Trinajstić information content (AvgIpc) is 1.58. The summed E-state index contributed by atoms with van der Waals surface area (Å²) in [5, 5.41) is 76.8. The first-order valence-corrected chi connectivity index (χ1v) is 38.1. The molecule has 53 nitrogen and oxygen atoms in total. The smallest absolute Gasteiger partial charge is 0.441 e. The predicted molar refractivity (Wildman–Crippen MR) is 462 cm³/mol. The Morgan fingerprint density at radius 3 is 1.22 bits per heavy atom. The number of aromatic carboxylic acids is 1. The van der Waals surface area contributed by atoms with E-state index in [-0.39, 0.29) is 62.7 Å². The third kappa shape index (κ3) is 37.2. The molecule has 4 aliphatic rings. The Labute approximate surface area is 761 Å². The van der Waals surface area contributed by atoms with Crippen LogP contribution in [-0.4, -0.2) is 206 Å². The molecule has 0 atom stereocenters. The van der Waals surface area contributed by atoms with Gasteiger partial charge in [-0.05, 0) is 188 Å². The molecule has 53 heteroatoms. The molecule has 2 amide bonds. The van der Waals surface area contributed by atoms with Crippen molar-refractivity contribution in [3.63, 3.8) is 0 Å². The number of amides is 2. The van der Waals surface area contributed by atoms with Crippen molar-refractivity contribution in [3.8, 4) is 23.0 Å². The number of nitrogens with two attached hydrogens (primary N) is 5. The van der Waals surface area contributed by atoms with E-state index in [1.165, 1.54) is 114 Å². The maximum absolute atomic E-state index is 11.8. The number of rotatable bonds is 19. The number of nitrogen functional groups attached to an aromatic ring is 3. The summed E-state index contributed by atoms with van der Waals surface area (Å²) < 4.78 is 54.7. The lowest BCUT2D eigenvalue weighted by Gasteiger charge is -2.19. The fraction of sp³-hybridized carbons (Fsp3) is 0.358. The van der Waals surface area contributed by atoms with Gasteiger partial charge in [-0.3, -0.25) is 75.9 Å². The highest BCUT2D eigenvalue weighted by molar-refractivity contribution is 6.03. The normalized spacial score (nSPS) is 12.7. The van der Waals surface area contributed by atoms with Gasteiger partial charge in [0.1, 0.15) is 29.0 Å². The molecule has 0 bridgehead atoms. The molecule has 5 aromatic heterocycles. The number of nitro benzene ring substituents is 3. The molecule has 4 fully saturated rings. The van der Waals surface area contributed by atoms with E-state index in [0.29, 0.717) is 66.0 Å². The maximum Gasteiger partial charge on any atom is 0.441 e. The Kier molecular flexibility index (Phi) is 47.5. The van der Waals surface area contributed by atoms with Crippen LogP contribution < -0.4 is 63.7 Å². The summed E-state index contributed by atoms with van der Waals surface area (Å²) in [6, 6.07) is 28.1. The number of non-ortho nitro benzene ring substituents is 3. The van der Waals surface area contributed by atoms with Gasteiger partial charge in [-0.25, -0.2) is 49.8 Å². The van der Waals surface area contributed by atoms with Gasteiger partial charge in [-0.15, -0.1) is 21.8 Å². The van der Waals surface area contributed by atoms with Crippen molar-refractivity contribution in [2.75, 3.05) is 81.3 Å². The number of ether oxygens (including phenoxy) is 11. The molecule has 4 aliphatic carbocycles. The third-order valence-corrected chi connectivity index (χ3v) is 17.3. The number of carbonyl (C=O) groups excluding carboxylic acids is 9. The van der Waals surface area contributed by atoms with E-state index in [1.807, 2.05) is 17.6 Å². The molecule has 728 valence electrons. The van der Waals surface area contributed by atoms with Crippen LogP contribution in [0.2, 0.25) is 0 Å². The number of aromatic nitrogens is 6. The number of anilines is 2. The van der Waals surface area contributed by atoms with E-state index in [9.17, 15) is 93.2 Å². The predicted octanol–water partition coefficient (Wildman–Crippen LogP) is 7.50. The van der Waals surface area contributed by atoms with Gasteiger partial charge in [-0.1, -0.05) is 6.08 Å². The van der Waals surface area contributed by atoms with Gasteiger partial charge in [0.25, 0.3) is 17.1 Å². The van der Waals surface area contributed by atoms with Gasteiger partial charge >= 0.3 is 77.5 Å². The van der Waals surface area contributed by atoms with Gasteiger partial charge < -0.3 is 93.0 Å². The van der Waals surface area contributed by atoms with E-state index in [4.69, 9.17) is 66.4 Å². The second-order valence-electron chi connectivity index (χ2n) is 28.6. The van der Waals surface area contributed by atoms with Crippen molar-refractivity contribution < 1.29 is 160 Å². The number of esters is 5. The van der Waals surface area contributed by atoms with E-state index >= 15 is 0 Å². The lowest BCUT2D eigenvalue weighted by Crippen LogP contribution is -2.46. The number of aliphatic carboxylic acids is 1. The van der Waals surface area contributed by atoms with E-state index in [1.54, 1.807) is 122 Å². The maximum atomic E-state index is 11.8. The molecule has 134 heavy (non-hydrogen) atoms. The minimum atomic E-state index is -1.19. The zero-order valence-electron chi connectivity index (χ0n) is 75.0. The van der Waals surface area contributed by atoms with Gasteiger partial charge in [0, 0.05) is 48.8 Å². The first-order valence-electron chi connectivity index (χ1n) is 38.1. The number of fused-ring (bicyclic) bond motifs is 1. The highest BCUT2D eigenvalue weighted by Crippen LogP contribution is 2.50. The second kappa shape index (κ2) is 55.2. The zero-order chi connectivity index (χ0) is 102. The number of pyridine rings is 4. The lowest BCUT2D eigenvalue weighted by molar-refractivity contribution is -0.624. The molecular formula is C81H104N17O36+. The first-order chi connectivity index (χ1) is 63.0. The SMILES string of the molecule is C=CC1(C(=O)OC)CC1.CC(C)(C)OC(=O)NO.CC(C)(C)OC(=O)NOC(=O)c1ccc([N+](=O)[O-])cc1.COC(=O)C1(C(=O)O)CC1.COC(=O)C1(C(=O)OC)CC1.COC(=O)C1(c2nc3c(OC)cccn3n2)CC1.COc1ccc[n+](N)c1N.COc1cccnc1N.COc1cccnc1[N+](=O)[O-].NO.NOC(=O)c1ccc([N+](=O)[O-])cc1.O=C(O)c1ccc([N+](=O)[O-])cc1. The minimum absolute atomic E-state index is 0.0422. The van der Waals surface area contributed by atoms with E-state index in [2.05, 4.69) is 71.8 Å². The molecule has 5 heterocycles. The number of hydrogen-bond donors (Lipinski definition) is 11. The monoisotopic (exact) mass is 1890 g/mol. The Balaban J connectivity index is 0.000000743. The number of methoxy groups -OCH3 is 9. The van der Waals surface area contributed by atoms with Crippen LogP contribution in [0.1, 0.15) is 130 Å². The van der Waals surface area contributed by atoms with Crippen molar-refractivity contribution >= 4 is 106 Å². The number of hydrogen-bond acceptors (Lipinski definition) is 43. The largest absolute Gasteiger partial charge is 0.493 e. The van der Waals surface area contributed by atoms with Gasteiger partial charge in [0.15, 0.2) is 39.6 Å². The molecule has 8 aromatic rings. The summed E-state index contributed by atoms with van der Waals surface area (Å²) in [6.45, 7) is 13.7. The number of nitrogens with zero attached hydrogens (tertiary/aromatic N) is 10. The summed E-state index contributed by atoms with van der Waals surface area (Å²) in [7, 11) is 12.6. The molecule has 0 radical (unpaired) electrons. The van der Waals surface area contributed by atoms with Crippen LogP contribution in [0.5, 0.6) is 23.0 Å². The summed E-state index contributed by atoms with van der Waals surface area (Å²) in [5.41, 5.74) is 10.3. The average molecular weight is 1890 g/mol. The molecule has 0 spiro atoms. The molecule has 0 saturated heterocycles. The van der Waals surface area contributed by atoms with Gasteiger partial charge in [0.2, 0.25) is 11.5 Å². The topological polar surface area (TPSA) is 775 Å². The van der Waals surface area contributed by atoms with Crippen LogP contribution in [0.25, 0.3) is 5.65 Å². The number of hydroxylamine groups is 2. The summed E-state index contributed by atoms with van der Waals surface area (Å²) in [4.78, 5) is 179. The highest BCUT2D eigenvalue weighted by Gasteiger charge is 2.60. The number of nitro groups is 4. The fourth-order valence-corrected chi connectivity index (χ4v) is 9.67. The van der Waals surface area contributed by atoms with Crippen LogP contribution in [-0.2, 0) is 77.0 Å². The summed E-state index contributed by atoms with van der Waals surface area (Å²) in [6.07, 6.45) is 11.5. The standard InChI is InChI=1S/C12H13N3O3.C12H14N2O6.C7H6N2O4.C7H5NO4.C7H10O4.C7H10O2.C6H9N3O.C6H6N2O3.C6H8N2O.C6H8O4.C5H11NO3.H3NO/c1-17-8-4-3-7-15-9(8)13-10(14-15)12(5-6-12)11(16)18-2;1-12(2,3)19-11(16)13-20-10(15)8-4-6-9(7-5-8)14(17)18;8-13-7(10)5-1-3-6(4-2-5)9(11)12;9-7(10)5-1-3-6(4-2-5)8(11)12;1-10-5(8)7(3-4-7)6(9)11-2;1-3-7(4-5-7)6(8)9-2;1-10-5-3-2-4-9(8)6(5)7;1-11-5-3-2-4-7-6(5)8(9)10;1-9-5-3-2-4-8-6(5)7;1-10-5(9)6(2-3-6)4(7)8;1-5(2,3)9-4(7)6-8;1-2/h3-4,7H,5-6H2,1-2H3;4-7H,1-3H3,(H,13,16);1-4H,8H2;1-4H,(H,9,10);3-4H2,1-2H3;3H,1,4-5H2,2H3;2-4,7H,8H2,1H3;2-4H,1H3;2-4H,1H3,(H2,7,8);2-3H2,1H3,(H,7,8);8H,1-3H3,(H,6,7);2H,1H2/p+1. The summed E-state index contributed by atoms with van der Waals surface area (Å²) >= 11 is 0. The minimum Gasteiger partial charge on any atom is -0.493 e. The van der Waals surface area contributed by atoms with Crippen molar-refractivity contribution in [2.45, 2.75) is 110 Å². The number of carboxylic acid groups (broad SMARTS) is 2. The van der Waals surface area contributed by atoms with Crippen molar-refractivity contribution in [3.05, 3.63) is 222 Å². The third-order valence-electron chi connectivity index (χ3n) is 17.3. The van der Waals surface area contributed by atoms with Crippen molar-refractivity contribution in [1.29, 1.82) is 0 Å². The zero-order valence-corrected chi connectivity index (χ0v) is 75.0. The van der Waals surface area contributed by atoms with E-state index < -0.39 is 101 Å². The molecular weight excluding hydrogens is 1790 g/mol. The second-order valence-corrected chi connectivity index (χ2v) is 28.6. The van der Waals surface area contributed by atoms with Crippen molar-refractivity contribution in [1.82, 2.24) is 35.5 Å². The van der Waals surface area contributed by atoms with Crippen LogP contribution >= 0.6 is 0 Å².